The van der Waals surface area contributed by atoms with E-state index in [0.29, 0.717) is 6.54 Å². The van der Waals surface area contributed by atoms with Gasteiger partial charge in [-0.2, -0.15) is 5.48 Å². The molecular formula is C13H14ClNO. The van der Waals surface area contributed by atoms with Crippen LogP contribution in [0.25, 0.3) is 0 Å². The minimum absolute atomic E-state index is 0. The molecule has 0 bridgehead atoms. The Bertz CT molecular complexity index is 352. The average Bonchev–Trinajstić information content (AvgIpc) is 2.32. The summed E-state index contributed by atoms with van der Waals surface area (Å²) in [6, 6.07) is 19.8. The second-order valence-electron chi connectivity index (χ2n) is 3.22. The van der Waals surface area contributed by atoms with Gasteiger partial charge in [0.05, 0.1) is 6.54 Å². The molecule has 3 heteroatoms. The topological polar surface area (TPSA) is 21.3 Å². The van der Waals surface area contributed by atoms with Crippen molar-refractivity contribution in [1.82, 2.24) is 5.48 Å². The van der Waals surface area contributed by atoms with E-state index in [1.807, 2.05) is 48.5 Å². The van der Waals surface area contributed by atoms with Crippen molar-refractivity contribution in [1.29, 1.82) is 0 Å². The second-order valence-corrected chi connectivity index (χ2v) is 3.22. The van der Waals surface area contributed by atoms with E-state index in [1.54, 1.807) is 0 Å². The first-order chi connectivity index (χ1) is 7.45. The van der Waals surface area contributed by atoms with Crippen LogP contribution in [0.15, 0.2) is 60.7 Å². The Morgan fingerprint density at radius 3 is 2.00 bits per heavy atom. The standard InChI is InChI=1S/C13H13NO.ClH/c1-3-7-12(8-4-1)11-14-15-13-9-5-2-6-10-13;/h1-10,14H,11H2;1H. The van der Waals surface area contributed by atoms with Gasteiger partial charge in [-0.05, 0) is 17.7 Å². The Kier molecular flexibility index (Phi) is 5.40. The highest BCUT2D eigenvalue weighted by Gasteiger charge is 1.92. The fourth-order valence-electron chi connectivity index (χ4n) is 1.29. The number of benzene rings is 2. The van der Waals surface area contributed by atoms with E-state index in [9.17, 15) is 0 Å². The quantitative estimate of drug-likeness (QED) is 0.822. The van der Waals surface area contributed by atoms with Crippen molar-refractivity contribution in [2.24, 2.45) is 0 Å². The lowest BCUT2D eigenvalue weighted by Gasteiger charge is -2.06. The molecule has 0 saturated carbocycles. The maximum absolute atomic E-state index is 5.36. The van der Waals surface area contributed by atoms with Crippen molar-refractivity contribution in [3.05, 3.63) is 66.2 Å². The van der Waals surface area contributed by atoms with Gasteiger partial charge in [0, 0.05) is 0 Å². The van der Waals surface area contributed by atoms with E-state index in [0.717, 1.165) is 5.75 Å². The summed E-state index contributed by atoms with van der Waals surface area (Å²) in [6.07, 6.45) is 0. The number of rotatable bonds is 4. The van der Waals surface area contributed by atoms with Crippen molar-refractivity contribution >= 4 is 12.4 Å². The van der Waals surface area contributed by atoms with E-state index in [1.165, 1.54) is 5.56 Å². The Morgan fingerprint density at radius 2 is 1.38 bits per heavy atom. The Morgan fingerprint density at radius 1 is 0.812 bits per heavy atom. The van der Waals surface area contributed by atoms with Gasteiger partial charge in [0.2, 0.25) is 0 Å². The van der Waals surface area contributed by atoms with Gasteiger partial charge < -0.3 is 4.84 Å². The Hall–Kier alpha value is -1.51. The van der Waals surface area contributed by atoms with E-state index in [2.05, 4.69) is 17.6 Å². The van der Waals surface area contributed by atoms with Gasteiger partial charge in [0.1, 0.15) is 5.75 Å². The van der Waals surface area contributed by atoms with Crippen LogP contribution in [0.1, 0.15) is 5.56 Å². The fraction of sp³-hybridized carbons (Fsp3) is 0.0769. The molecule has 84 valence electrons. The number of hydrogen-bond acceptors (Lipinski definition) is 2. The van der Waals surface area contributed by atoms with E-state index >= 15 is 0 Å². The van der Waals surface area contributed by atoms with Crippen LogP contribution in [0.5, 0.6) is 5.75 Å². The average molecular weight is 236 g/mol. The first kappa shape index (κ1) is 12.6. The van der Waals surface area contributed by atoms with Crippen molar-refractivity contribution in [2.45, 2.75) is 6.54 Å². The summed E-state index contributed by atoms with van der Waals surface area (Å²) in [6.45, 7) is 0.704. The highest BCUT2D eigenvalue weighted by atomic mass is 35.5. The van der Waals surface area contributed by atoms with Gasteiger partial charge in [0.15, 0.2) is 0 Å². The normalized spacial score (nSPS) is 9.25. The predicted octanol–water partition coefficient (Wildman–Crippen LogP) is 3.19. The summed E-state index contributed by atoms with van der Waals surface area (Å²) >= 11 is 0. The van der Waals surface area contributed by atoms with Crippen LogP contribution >= 0.6 is 12.4 Å². The lowest BCUT2D eigenvalue weighted by atomic mass is 10.2. The van der Waals surface area contributed by atoms with Gasteiger partial charge in [-0.25, -0.2) is 0 Å². The number of para-hydroxylation sites is 1. The zero-order valence-electron chi connectivity index (χ0n) is 8.80. The van der Waals surface area contributed by atoms with E-state index < -0.39 is 0 Å². The molecule has 0 saturated heterocycles. The van der Waals surface area contributed by atoms with Crippen LogP contribution in [-0.4, -0.2) is 0 Å². The van der Waals surface area contributed by atoms with Gasteiger partial charge in [-0.3, -0.25) is 0 Å². The second kappa shape index (κ2) is 6.88. The molecule has 2 nitrogen and oxygen atoms in total. The van der Waals surface area contributed by atoms with Gasteiger partial charge in [-0.1, -0.05) is 48.5 Å². The summed E-state index contributed by atoms with van der Waals surface area (Å²) in [5.41, 5.74) is 4.12. The number of hydrogen-bond donors (Lipinski definition) is 1. The fourth-order valence-corrected chi connectivity index (χ4v) is 1.29. The first-order valence-electron chi connectivity index (χ1n) is 4.94. The number of nitrogens with one attached hydrogen (secondary N) is 1. The van der Waals surface area contributed by atoms with Crippen molar-refractivity contribution < 1.29 is 4.84 Å². The highest BCUT2D eigenvalue weighted by Crippen LogP contribution is 2.07. The smallest absolute Gasteiger partial charge is 0.147 e. The molecule has 0 aliphatic rings. The molecule has 0 aliphatic heterocycles. The molecule has 0 spiro atoms. The molecule has 0 aliphatic carbocycles. The molecule has 1 N–H and O–H groups in total. The molecule has 0 amide bonds. The molecule has 0 atom stereocenters. The highest BCUT2D eigenvalue weighted by molar-refractivity contribution is 5.85. The maximum atomic E-state index is 5.36. The Balaban J connectivity index is 0.00000128. The predicted molar refractivity (Wildman–Crippen MR) is 67.6 cm³/mol. The van der Waals surface area contributed by atoms with Crippen molar-refractivity contribution in [3.8, 4) is 5.75 Å². The third-order valence-corrected chi connectivity index (χ3v) is 2.05. The Labute approximate surface area is 102 Å². The van der Waals surface area contributed by atoms with Crippen LogP contribution < -0.4 is 10.3 Å². The zero-order chi connectivity index (χ0) is 10.3. The van der Waals surface area contributed by atoms with Crippen molar-refractivity contribution in [2.75, 3.05) is 0 Å². The summed E-state index contributed by atoms with van der Waals surface area (Å²) in [5, 5.41) is 0. The van der Waals surface area contributed by atoms with Crippen LogP contribution in [0.4, 0.5) is 0 Å². The maximum Gasteiger partial charge on any atom is 0.147 e. The monoisotopic (exact) mass is 235 g/mol. The molecule has 2 aromatic rings. The molecule has 0 heterocycles. The summed E-state index contributed by atoms with van der Waals surface area (Å²) in [5.74, 6) is 0.827. The van der Waals surface area contributed by atoms with Crippen LogP contribution in [0, 0.1) is 0 Å². The molecular weight excluding hydrogens is 222 g/mol. The summed E-state index contributed by atoms with van der Waals surface area (Å²) in [4.78, 5) is 5.36. The molecule has 2 aromatic carbocycles. The van der Waals surface area contributed by atoms with Gasteiger partial charge in [0.25, 0.3) is 0 Å². The van der Waals surface area contributed by atoms with Crippen LogP contribution in [0.2, 0.25) is 0 Å². The van der Waals surface area contributed by atoms with Crippen LogP contribution in [0.3, 0.4) is 0 Å². The van der Waals surface area contributed by atoms with E-state index in [4.69, 9.17) is 4.84 Å². The molecule has 0 aromatic heterocycles. The first-order valence-corrected chi connectivity index (χ1v) is 4.94. The van der Waals surface area contributed by atoms with Gasteiger partial charge in [-0.15, -0.1) is 12.4 Å². The lowest BCUT2D eigenvalue weighted by Crippen LogP contribution is -2.17. The van der Waals surface area contributed by atoms with Crippen molar-refractivity contribution in [3.63, 3.8) is 0 Å². The van der Waals surface area contributed by atoms with E-state index in [-0.39, 0.29) is 12.4 Å². The molecule has 0 radical (unpaired) electrons. The minimum Gasteiger partial charge on any atom is -0.408 e. The number of hydroxylamine groups is 1. The summed E-state index contributed by atoms with van der Waals surface area (Å²) < 4.78 is 0. The molecule has 2 rings (SSSR count). The molecule has 0 fully saturated rings. The SMILES string of the molecule is Cl.c1ccc(CNOc2ccccc2)cc1. The van der Waals surface area contributed by atoms with Gasteiger partial charge >= 0.3 is 0 Å². The third-order valence-electron chi connectivity index (χ3n) is 2.05. The molecule has 16 heavy (non-hydrogen) atoms. The van der Waals surface area contributed by atoms with Crippen LogP contribution in [-0.2, 0) is 6.54 Å². The minimum atomic E-state index is 0. The third kappa shape index (κ3) is 3.93. The lowest BCUT2D eigenvalue weighted by molar-refractivity contribution is 0.190. The largest absolute Gasteiger partial charge is 0.408 e. The number of halogens is 1. The zero-order valence-corrected chi connectivity index (χ0v) is 9.61. The molecule has 0 unspecified atom stereocenters. The summed E-state index contributed by atoms with van der Waals surface area (Å²) in [7, 11) is 0.